The molecule has 0 aliphatic rings. The summed E-state index contributed by atoms with van der Waals surface area (Å²) in [4.78, 5) is 11.6. The lowest BCUT2D eigenvalue weighted by atomic mass is 10.2. The number of nitrogen functional groups attached to an aromatic ring is 1. The van der Waals surface area contributed by atoms with Crippen molar-refractivity contribution in [3.8, 4) is 0 Å². The Bertz CT molecular complexity index is 368. The van der Waals surface area contributed by atoms with E-state index in [0.29, 0.717) is 11.3 Å². The van der Waals surface area contributed by atoms with E-state index in [1.807, 2.05) is 13.8 Å². The largest absolute Gasteiger partial charge is 0.397 e. The fraction of sp³-hybridized carbons (Fsp3) is 0.300. The standard InChI is InChI=1S/C10H12Cl2N2O/c1-5(2)14-10(15)6-3-7(11)9(12)8(13)4-6/h3-5H,13H2,1-2H3,(H,14,15). The minimum absolute atomic E-state index is 0.0631. The van der Waals surface area contributed by atoms with Crippen molar-refractivity contribution in [2.75, 3.05) is 5.73 Å². The highest BCUT2D eigenvalue weighted by Crippen LogP contribution is 2.29. The number of nitrogens with one attached hydrogen (secondary N) is 1. The van der Waals surface area contributed by atoms with E-state index < -0.39 is 0 Å². The van der Waals surface area contributed by atoms with E-state index in [1.54, 1.807) is 0 Å². The smallest absolute Gasteiger partial charge is 0.251 e. The summed E-state index contributed by atoms with van der Waals surface area (Å²) in [6.07, 6.45) is 0. The summed E-state index contributed by atoms with van der Waals surface area (Å²) in [5.74, 6) is -0.213. The van der Waals surface area contributed by atoms with Crippen LogP contribution in [0.3, 0.4) is 0 Å². The summed E-state index contributed by atoms with van der Waals surface area (Å²) >= 11 is 11.6. The molecular weight excluding hydrogens is 235 g/mol. The Hall–Kier alpha value is -0.930. The number of anilines is 1. The van der Waals surface area contributed by atoms with Crippen molar-refractivity contribution >= 4 is 34.8 Å². The van der Waals surface area contributed by atoms with Crippen LogP contribution in [0.1, 0.15) is 24.2 Å². The van der Waals surface area contributed by atoms with Gasteiger partial charge in [0.15, 0.2) is 0 Å². The van der Waals surface area contributed by atoms with Crippen LogP contribution >= 0.6 is 23.2 Å². The molecule has 0 aromatic heterocycles. The third-order valence-electron chi connectivity index (χ3n) is 1.74. The Balaban J connectivity index is 3.01. The second kappa shape index (κ2) is 4.73. The number of nitrogens with two attached hydrogens (primary N) is 1. The zero-order valence-corrected chi connectivity index (χ0v) is 9.99. The number of benzene rings is 1. The first-order chi connectivity index (χ1) is 6.91. The lowest BCUT2D eigenvalue weighted by Gasteiger charge is -2.10. The predicted molar refractivity (Wildman–Crippen MR) is 63.5 cm³/mol. The van der Waals surface area contributed by atoms with E-state index in [4.69, 9.17) is 28.9 Å². The van der Waals surface area contributed by atoms with Crippen molar-refractivity contribution < 1.29 is 4.79 Å². The maximum Gasteiger partial charge on any atom is 0.251 e. The first-order valence-electron chi connectivity index (χ1n) is 4.47. The van der Waals surface area contributed by atoms with Gasteiger partial charge in [-0.3, -0.25) is 4.79 Å². The molecule has 3 nitrogen and oxygen atoms in total. The predicted octanol–water partition coefficient (Wildman–Crippen LogP) is 2.71. The molecule has 0 saturated heterocycles. The molecule has 82 valence electrons. The molecule has 15 heavy (non-hydrogen) atoms. The van der Waals surface area contributed by atoms with Crippen LogP contribution in [-0.4, -0.2) is 11.9 Å². The number of carbonyl (C=O) groups excluding carboxylic acids is 1. The fourth-order valence-electron chi connectivity index (χ4n) is 1.09. The lowest BCUT2D eigenvalue weighted by molar-refractivity contribution is 0.0943. The van der Waals surface area contributed by atoms with Crippen LogP contribution in [0.15, 0.2) is 12.1 Å². The van der Waals surface area contributed by atoms with Crippen LogP contribution in [0.4, 0.5) is 5.69 Å². The van der Waals surface area contributed by atoms with Gasteiger partial charge in [-0.1, -0.05) is 23.2 Å². The molecule has 0 heterocycles. The quantitative estimate of drug-likeness (QED) is 0.789. The minimum Gasteiger partial charge on any atom is -0.397 e. The number of halogens is 2. The van der Waals surface area contributed by atoms with E-state index in [1.165, 1.54) is 12.1 Å². The topological polar surface area (TPSA) is 55.1 Å². The zero-order valence-electron chi connectivity index (χ0n) is 8.47. The van der Waals surface area contributed by atoms with E-state index in [2.05, 4.69) is 5.32 Å². The first kappa shape index (κ1) is 12.1. The van der Waals surface area contributed by atoms with Crippen LogP contribution in [0, 0.1) is 0 Å². The number of rotatable bonds is 2. The Morgan fingerprint density at radius 2 is 2.00 bits per heavy atom. The average Bonchev–Trinajstić information content (AvgIpc) is 2.12. The van der Waals surface area contributed by atoms with Crippen LogP contribution in [0.2, 0.25) is 10.0 Å². The van der Waals surface area contributed by atoms with Crippen LogP contribution in [0.5, 0.6) is 0 Å². The van der Waals surface area contributed by atoms with Crippen molar-refractivity contribution in [1.82, 2.24) is 5.32 Å². The van der Waals surface area contributed by atoms with E-state index >= 15 is 0 Å². The highest BCUT2D eigenvalue weighted by molar-refractivity contribution is 6.43. The van der Waals surface area contributed by atoms with E-state index in [9.17, 15) is 4.79 Å². The van der Waals surface area contributed by atoms with Crippen LogP contribution < -0.4 is 11.1 Å². The van der Waals surface area contributed by atoms with Gasteiger partial charge in [0.2, 0.25) is 0 Å². The van der Waals surface area contributed by atoms with Gasteiger partial charge in [-0.05, 0) is 26.0 Å². The van der Waals surface area contributed by atoms with Crippen molar-refractivity contribution in [2.45, 2.75) is 19.9 Å². The van der Waals surface area contributed by atoms with Gasteiger partial charge in [0, 0.05) is 11.6 Å². The highest BCUT2D eigenvalue weighted by Gasteiger charge is 2.11. The summed E-state index contributed by atoms with van der Waals surface area (Å²) < 4.78 is 0. The summed E-state index contributed by atoms with van der Waals surface area (Å²) in [6.45, 7) is 3.75. The van der Waals surface area contributed by atoms with Crippen molar-refractivity contribution in [2.24, 2.45) is 0 Å². The van der Waals surface area contributed by atoms with Gasteiger partial charge in [0.05, 0.1) is 15.7 Å². The van der Waals surface area contributed by atoms with Gasteiger partial charge >= 0.3 is 0 Å². The summed E-state index contributed by atoms with van der Waals surface area (Å²) in [6, 6.07) is 3.07. The highest BCUT2D eigenvalue weighted by atomic mass is 35.5. The Kier molecular flexibility index (Phi) is 3.83. The van der Waals surface area contributed by atoms with Crippen molar-refractivity contribution in [3.05, 3.63) is 27.7 Å². The lowest BCUT2D eigenvalue weighted by Crippen LogP contribution is -2.30. The normalized spacial score (nSPS) is 10.5. The molecule has 0 saturated carbocycles. The number of hydrogen-bond acceptors (Lipinski definition) is 2. The summed E-state index contributed by atoms with van der Waals surface area (Å²) in [5.41, 5.74) is 6.31. The molecular formula is C10H12Cl2N2O. The Morgan fingerprint density at radius 1 is 1.40 bits per heavy atom. The van der Waals surface area contributed by atoms with Crippen LogP contribution in [0.25, 0.3) is 0 Å². The number of amides is 1. The fourth-order valence-corrected chi connectivity index (χ4v) is 1.42. The molecule has 0 aliphatic heterocycles. The van der Waals surface area contributed by atoms with Gasteiger partial charge in [-0.2, -0.15) is 0 Å². The maximum absolute atomic E-state index is 11.6. The van der Waals surface area contributed by atoms with E-state index in [0.717, 1.165) is 0 Å². The summed E-state index contributed by atoms with van der Waals surface area (Å²) in [5, 5.41) is 3.30. The third-order valence-corrected chi connectivity index (χ3v) is 2.55. The molecule has 3 N–H and O–H groups in total. The minimum atomic E-state index is -0.213. The zero-order chi connectivity index (χ0) is 11.6. The molecule has 0 spiro atoms. The molecule has 1 rings (SSSR count). The van der Waals surface area contributed by atoms with Crippen molar-refractivity contribution in [1.29, 1.82) is 0 Å². The van der Waals surface area contributed by atoms with Crippen molar-refractivity contribution in [3.63, 3.8) is 0 Å². The third kappa shape index (κ3) is 3.01. The molecule has 5 heteroatoms. The molecule has 0 bridgehead atoms. The SMILES string of the molecule is CC(C)NC(=O)c1cc(N)c(Cl)c(Cl)c1. The Morgan fingerprint density at radius 3 is 2.47 bits per heavy atom. The van der Waals surface area contributed by atoms with Gasteiger partial charge in [0.1, 0.15) is 0 Å². The molecule has 0 aliphatic carbocycles. The Labute approximate surface area is 98.5 Å². The second-order valence-electron chi connectivity index (χ2n) is 3.49. The van der Waals surface area contributed by atoms with Gasteiger partial charge in [0.25, 0.3) is 5.91 Å². The average molecular weight is 247 g/mol. The first-order valence-corrected chi connectivity index (χ1v) is 5.22. The number of hydrogen-bond donors (Lipinski definition) is 2. The molecule has 1 amide bonds. The van der Waals surface area contributed by atoms with Crippen LogP contribution in [-0.2, 0) is 0 Å². The number of carbonyl (C=O) groups is 1. The molecule has 1 aromatic rings. The molecule has 0 atom stereocenters. The van der Waals surface area contributed by atoms with E-state index in [-0.39, 0.29) is 22.0 Å². The maximum atomic E-state index is 11.6. The molecule has 0 unspecified atom stereocenters. The second-order valence-corrected chi connectivity index (χ2v) is 4.27. The van der Waals surface area contributed by atoms with Gasteiger partial charge in [-0.25, -0.2) is 0 Å². The monoisotopic (exact) mass is 246 g/mol. The van der Waals surface area contributed by atoms with Gasteiger partial charge < -0.3 is 11.1 Å². The molecule has 0 fully saturated rings. The van der Waals surface area contributed by atoms with Gasteiger partial charge in [-0.15, -0.1) is 0 Å². The molecule has 1 aromatic carbocycles. The summed E-state index contributed by atoms with van der Waals surface area (Å²) in [7, 11) is 0. The molecule has 0 radical (unpaired) electrons.